The van der Waals surface area contributed by atoms with Crippen LogP contribution in [-0.4, -0.2) is 36.7 Å². The number of carbonyl (C=O) groups excluding carboxylic acids is 2. The number of carbonyl (C=O) groups is 2. The SMILES string of the molecule is CC(=O)Nc1ccc(NC(=O)COCCO)cc1. The average molecular weight is 252 g/mol. The van der Waals surface area contributed by atoms with E-state index in [0.29, 0.717) is 11.4 Å². The second-order valence-corrected chi connectivity index (χ2v) is 3.58. The number of amides is 2. The molecule has 0 fully saturated rings. The number of anilines is 2. The minimum absolute atomic E-state index is 0.103. The summed E-state index contributed by atoms with van der Waals surface area (Å²) in [6, 6.07) is 6.72. The third kappa shape index (κ3) is 5.42. The van der Waals surface area contributed by atoms with E-state index >= 15 is 0 Å². The molecule has 6 heteroatoms. The van der Waals surface area contributed by atoms with Gasteiger partial charge in [0.15, 0.2) is 0 Å². The molecule has 0 aliphatic heterocycles. The maximum atomic E-state index is 11.4. The average Bonchev–Trinajstić information content (AvgIpc) is 2.31. The first-order valence-corrected chi connectivity index (χ1v) is 5.48. The highest BCUT2D eigenvalue weighted by Crippen LogP contribution is 2.13. The predicted molar refractivity (Wildman–Crippen MR) is 67.3 cm³/mol. The summed E-state index contributed by atoms with van der Waals surface area (Å²) in [6.07, 6.45) is 0. The highest BCUT2D eigenvalue weighted by Gasteiger charge is 2.02. The number of benzene rings is 1. The van der Waals surface area contributed by atoms with E-state index in [0.717, 1.165) is 0 Å². The smallest absolute Gasteiger partial charge is 0.250 e. The van der Waals surface area contributed by atoms with Crippen LogP contribution in [0.3, 0.4) is 0 Å². The van der Waals surface area contributed by atoms with E-state index in [-0.39, 0.29) is 31.6 Å². The van der Waals surface area contributed by atoms with Gasteiger partial charge in [0.2, 0.25) is 11.8 Å². The fourth-order valence-corrected chi connectivity index (χ4v) is 1.27. The van der Waals surface area contributed by atoms with E-state index in [4.69, 9.17) is 9.84 Å². The highest BCUT2D eigenvalue weighted by atomic mass is 16.5. The molecule has 0 saturated carbocycles. The van der Waals surface area contributed by atoms with Crippen molar-refractivity contribution in [2.75, 3.05) is 30.5 Å². The number of nitrogens with one attached hydrogen (secondary N) is 2. The first-order valence-electron chi connectivity index (χ1n) is 5.48. The molecule has 1 rings (SSSR count). The van der Waals surface area contributed by atoms with Gasteiger partial charge >= 0.3 is 0 Å². The summed E-state index contributed by atoms with van der Waals surface area (Å²) in [7, 11) is 0. The lowest BCUT2D eigenvalue weighted by Crippen LogP contribution is -2.19. The maximum Gasteiger partial charge on any atom is 0.250 e. The van der Waals surface area contributed by atoms with Crippen LogP contribution in [0.4, 0.5) is 11.4 Å². The lowest BCUT2D eigenvalue weighted by atomic mass is 10.2. The van der Waals surface area contributed by atoms with Crippen LogP contribution in [0.1, 0.15) is 6.92 Å². The van der Waals surface area contributed by atoms with Crippen LogP contribution in [0, 0.1) is 0 Å². The van der Waals surface area contributed by atoms with Crippen molar-refractivity contribution in [3.8, 4) is 0 Å². The summed E-state index contributed by atoms with van der Waals surface area (Å²) in [4.78, 5) is 22.2. The Morgan fingerprint density at radius 2 is 1.72 bits per heavy atom. The lowest BCUT2D eigenvalue weighted by molar-refractivity contribution is -0.121. The minimum Gasteiger partial charge on any atom is -0.394 e. The monoisotopic (exact) mass is 252 g/mol. The van der Waals surface area contributed by atoms with Crippen molar-refractivity contribution in [3.63, 3.8) is 0 Å². The molecule has 2 amide bonds. The van der Waals surface area contributed by atoms with Gasteiger partial charge in [0.1, 0.15) is 6.61 Å². The van der Waals surface area contributed by atoms with E-state index in [1.807, 2.05) is 0 Å². The number of rotatable bonds is 6. The second-order valence-electron chi connectivity index (χ2n) is 3.58. The maximum absolute atomic E-state index is 11.4. The molecule has 1 aromatic rings. The third-order valence-electron chi connectivity index (χ3n) is 1.96. The molecule has 0 radical (unpaired) electrons. The van der Waals surface area contributed by atoms with Crippen LogP contribution in [0.2, 0.25) is 0 Å². The molecular formula is C12H16N2O4. The van der Waals surface area contributed by atoms with Crippen LogP contribution >= 0.6 is 0 Å². The van der Waals surface area contributed by atoms with E-state index in [1.54, 1.807) is 24.3 Å². The molecule has 0 atom stereocenters. The van der Waals surface area contributed by atoms with Gasteiger partial charge < -0.3 is 20.5 Å². The van der Waals surface area contributed by atoms with Gasteiger partial charge in [-0.15, -0.1) is 0 Å². The Kier molecular flexibility index (Phi) is 5.83. The van der Waals surface area contributed by atoms with Gasteiger partial charge in [-0.2, -0.15) is 0 Å². The number of aliphatic hydroxyl groups excluding tert-OH is 1. The summed E-state index contributed by atoms with van der Waals surface area (Å²) in [5, 5.41) is 13.7. The molecule has 1 aromatic carbocycles. The van der Waals surface area contributed by atoms with Crippen LogP contribution in [-0.2, 0) is 14.3 Å². The standard InChI is InChI=1S/C12H16N2O4/c1-9(16)13-10-2-4-11(5-3-10)14-12(17)8-18-7-6-15/h2-5,15H,6-8H2,1H3,(H,13,16)(H,14,17). The van der Waals surface area contributed by atoms with Gasteiger partial charge in [-0.05, 0) is 24.3 Å². The molecule has 6 nitrogen and oxygen atoms in total. The molecule has 0 aromatic heterocycles. The number of ether oxygens (including phenoxy) is 1. The van der Waals surface area contributed by atoms with Crippen molar-refractivity contribution in [1.29, 1.82) is 0 Å². The number of hydrogen-bond donors (Lipinski definition) is 3. The molecule has 0 aliphatic carbocycles. The highest BCUT2D eigenvalue weighted by molar-refractivity contribution is 5.92. The summed E-state index contributed by atoms with van der Waals surface area (Å²) < 4.78 is 4.87. The van der Waals surface area contributed by atoms with Crippen molar-refractivity contribution in [2.24, 2.45) is 0 Å². The van der Waals surface area contributed by atoms with Crippen molar-refractivity contribution in [3.05, 3.63) is 24.3 Å². The van der Waals surface area contributed by atoms with Crippen molar-refractivity contribution >= 4 is 23.2 Å². The summed E-state index contributed by atoms with van der Waals surface area (Å²) >= 11 is 0. The molecule has 98 valence electrons. The Morgan fingerprint density at radius 3 is 2.22 bits per heavy atom. The van der Waals surface area contributed by atoms with Gasteiger partial charge in [-0.1, -0.05) is 0 Å². The van der Waals surface area contributed by atoms with Crippen LogP contribution in [0.25, 0.3) is 0 Å². The molecule has 18 heavy (non-hydrogen) atoms. The van der Waals surface area contributed by atoms with Gasteiger partial charge in [-0.3, -0.25) is 9.59 Å². The zero-order chi connectivity index (χ0) is 13.4. The van der Waals surface area contributed by atoms with Gasteiger partial charge in [-0.25, -0.2) is 0 Å². The Morgan fingerprint density at radius 1 is 1.17 bits per heavy atom. The van der Waals surface area contributed by atoms with E-state index in [2.05, 4.69) is 10.6 Å². The molecule has 0 unspecified atom stereocenters. The zero-order valence-corrected chi connectivity index (χ0v) is 10.1. The first kappa shape index (κ1) is 14.1. The molecule has 0 saturated heterocycles. The van der Waals surface area contributed by atoms with Crippen LogP contribution in [0.15, 0.2) is 24.3 Å². The molecule has 0 heterocycles. The summed E-state index contributed by atoms with van der Waals surface area (Å²) in [6.45, 7) is 1.34. The molecule has 0 aliphatic rings. The summed E-state index contributed by atoms with van der Waals surface area (Å²) in [5.41, 5.74) is 1.28. The summed E-state index contributed by atoms with van der Waals surface area (Å²) in [5.74, 6) is -0.445. The zero-order valence-electron chi connectivity index (χ0n) is 10.1. The van der Waals surface area contributed by atoms with Crippen molar-refractivity contribution < 1.29 is 19.4 Å². The van der Waals surface area contributed by atoms with Gasteiger partial charge in [0.05, 0.1) is 13.2 Å². The van der Waals surface area contributed by atoms with E-state index < -0.39 is 0 Å². The van der Waals surface area contributed by atoms with Crippen LogP contribution < -0.4 is 10.6 Å². The topological polar surface area (TPSA) is 87.7 Å². The molecule has 0 bridgehead atoms. The normalized spacial score (nSPS) is 9.89. The number of aliphatic hydroxyl groups is 1. The van der Waals surface area contributed by atoms with Gasteiger partial charge in [0, 0.05) is 18.3 Å². The van der Waals surface area contributed by atoms with E-state index in [9.17, 15) is 9.59 Å². The first-order chi connectivity index (χ1) is 8.61. The van der Waals surface area contributed by atoms with Crippen LogP contribution in [0.5, 0.6) is 0 Å². The van der Waals surface area contributed by atoms with Gasteiger partial charge in [0.25, 0.3) is 0 Å². The minimum atomic E-state index is -0.296. The molecule has 3 N–H and O–H groups in total. The molecular weight excluding hydrogens is 236 g/mol. The largest absolute Gasteiger partial charge is 0.394 e. The fourth-order valence-electron chi connectivity index (χ4n) is 1.27. The lowest BCUT2D eigenvalue weighted by Gasteiger charge is -2.07. The predicted octanol–water partition coefficient (Wildman–Crippen LogP) is 0.592. The Hall–Kier alpha value is -1.92. The number of hydrogen-bond acceptors (Lipinski definition) is 4. The third-order valence-corrected chi connectivity index (χ3v) is 1.96. The van der Waals surface area contributed by atoms with Crippen molar-refractivity contribution in [2.45, 2.75) is 6.92 Å². The Bertz CT molecular complexity index is 403. The van der Waals surface area contributed by atoms with E-state index in [1.165, 1.54) is 6.92 Å². The second kappa shape index (κ2) is 7.41. The fraction of sp³-hybridized carbons (Fsp3) is 0.333. The Labute approximate surface area is 105 Å². The Balaban J connectivity index is 2.43. The van der Waals surface area contributed by atoms with Crippen molar-refractivity contribution in [1.82, 2.24) is 0 Å². The quantitative estimate of drug-likeness (QED) is 0.647. The molecule has 0 spiro atoms.